The first-order valence-electron chi connectivity index (χ1n) is 7.63. The Balaban J connectivity index is 2.10. The van der Waals surface area contributed by atoms with Gasteiger partial charge in [-0.25, -0.2) is 0 Å². The van der Waals surface area contributed by atoms with Crippen molar-refractivity contribution in [3.8, 4) is 0 Å². The largest absolute Gasteiger partial charge is 0.490 e. The molecule has 2 nitrogen and oxygen atoms in total. The summed E-state index contributed by atoms with van der Waals surface area (Å²) in [4.78, 5) is 0. The summed E-state index contributed by atoms with van der Waals surface area (Å²) in [6, 6.07) is 10.3. The van der Waals surface area contributed by atoms with E-state index in [9.17, 15) is 0 Å². The lowest BCUT2D eigenvalue weighted by Crippen LogP contribution is -2.41. The van der Waals surface area contributed by atoms with Gasteiger partial charge in [-0.2, -0.15) is 0 Å². The first-order valence-corrected chi connectivity index (χ1v) is 7.63. The first-order chi connectivity index (χ1) is 9.86. The Hall–Kier alpha value is -1.32. The van der Waals surface area contributed by atoms with Crippen LogP contribution in [0.15, 0.2) is 48.0 Å². The molecule has 112 valence electrons. The van der Waals surface area contributed by atoms with Gasteiger partial charge in [0.2, 0.25) is 0 Å². The second-order valence-corrected chi connectivity index (χ2v) is 6.45. The predicted molar refractivity (Wildman–Crippen MR) is 89.9 cm³/mol. The highest BCUT2D eigenvalue weighted by molar-refractivity contribution is 6.54. The van der Waals surface area contributed by atoms with E-state index < -0.39 is 0 Å². The highest BCUT2D eigenvalue weighted by Crippen LogP contribution is 2.38. The molecule has 0 saturated carbocycles. The molecule has 0 atom stereocenters. The van der Waals surface area contributed by atoms with Crippen LogP contribution in [0.2, 0.25) is 0 Å². The normalized spacial score (nSPS) is 21.2. The van der Waals surface area contributed by atoms with Gasteiger partial charge in [0.25, 0.3) is 0 Å². The van der Waals surface area contributed by atoms with Gasteiger partial charge >= 0.3 is 7.12 Å². The molecule has 0 unspecified atom stereocenters. The summed E-state index contributed by atoms with van der Waals surface area (Å²) in [5.41, 5.74) is 1.79. The van der Waals surface area contributed by atoms with Gasteiger partial charge in [0.15, 0.2) is 0 Å². The van der Waals surface area contributed by atoms with Crippen LogP contribution < -0.4 is 0 Å². The molecule has 21 heavy (non-hydrogen) atoms. The molecule has 0 spiro atoms. The molecule has 0 bridgehead atoms. The van der Waals surface area contributed by atoms with Crippen LogP contribution in [-0.2, 0) is 9.31 Å². The third-order valence-electron chi connectivity index (χ3n) is 4.36. The van der Waals surface area contributed by atoms with Crippen molar-refractivity contribution in [3.05, 3.63) is 53.5 Å². The summed E-state index contributed by atoms with van der Waals surface area (Å²) < 4.78 is 12.2. The molecule has 0 N–H and O–H groups in total. The van der Waals surface area contributed by atoms with Crippen LogP contribution in [0.1, 0.15) is 46.6 Å². The molecular weight excluding hydrogens is 259 g/mol. The zero-order valence-electron chi connectivity index (χ0n) is 13.7. The van der Waals surface area contributed by atoms with E-state index in [2.05, 4.69) is 65.0 Å². The van der Waals surface area contributed by atoms with Crippen molar-refractivity contribution in [1.82, 2.24) is 0 Å². The SMILES string of the molecule is CC/C(=C/C=C/c1ccccc1)B1OC(C)(C)C(C)(C)O1. The molecule has 1 aromatic rings. The second kappa shape index (κ2) is 6.21. The van der Waals surface area contributed by atoms with Gasteiger partial charge in [-0.3, -0.25) is 0 Å². The zero-order valence-corrected chi connectivity index (χ0v) is 13.7. The van der Waals surface area contributed by atoms with Crippen molar-refractivity contribution < 1.29 is 9.31 Å². The Bertz CT molecular complexity index is 513. The highest BCUT2D eigenvalue weighted by atomic mass is 16.7. The fourth-order valence-electron chi connectivity index (χ4n) is 2.20. The maximum Gasteiger partial charge on any atom is 0.490 e. The van der Waals surface area contributed by atoms with Gasteiger partial charge in [0, 0.05) is 0 Å². The smallest absolute Gasteiger partial charge is 0.400 e. The third-order valence-corrected chi connectivity index (χ3v) is 4.36. The molecule has 1 heterocycles. The molecule has 0 amide bonds. The molecule has 1 aliphatic rings. The lowest BCUT2D eigenvalue weighted by Gasteiger charge is -2.32. The monoisotopic (exact) mass is 284 g/mol. The van der Waals surface area contributed by atoms with E-state index in [-0.39, 0.29) is 18.3 Å². The number of hydrogen-bond donors (Lipinski definition) is 0. The van der Waals surface area contributed by atoms with Gasteiger partial charge in [-0.15, -0.1) is 0 Å². The van der Waals surface area contributed by atoms with Crippen molar-refractivity contribution in [1.29, 1.82) is 0 Å². The van der Waals surface area contributed by atoms with Crippen molar-refractivity contribution in [3.63, 3.8) is 0 Å². The second-order valence-electron chi connectivity index (χ2n) is 6.45. The molecule has 2 rings (SSSR count). The van der Waals surface area contributed by atoms with Gasteiger partial charge in [0.05, 0.1) is 11.2 Å². The van der Waals surface area contributed by atoms with E-state index in [1.54, 1.807) is 0 Å². The van der Waals surface area contributed by atoms with Crippen molar-refractivity contribution in [2.24, 2.45) is 0 Å². The molecule has 1 saturated heterocycles. The summed E-state index contributed by atoms with van der Waals surface area (Å²) in [6.45, 7) is 10.5. The Morgan fingerprint density at radius 1 is 1.05 bits per heavy atom. The van der Waals surface area contributed by atoms with E-state index in [4.69, 9.17) is 9.31 Å². The average molecular weight is 284 g/mol. The van der Waals surface area contributed by atoms with Crippen molar-refractivity contribution >= 4 is 13.2 Å². The minimum Gasteiger partial charge on any atom is -0.400 e. The standard InChI is InChI=1S/C18H25BO2/c1-6-16(14-10-13-15-11-8-7-9-12-15)19-20-17(2,3)18(4,5)21-19/h7-14H,6H2,1-5H3/b13-10+,16-14-. The summed E-state index contributed by atoms with van der Waals surface area (Å²) in [6.07, 6.45) is 7.19. The Morgan fingerprint density at radius 2 is 1.62 bits per heavy atom. The topological polar surface area (TPSA) is 18.5 Å². The van der Waals surface area contributed by atoms with E-state index in [1.165, 1.54) is 11.0 Å². The molecule has 1 aliphatic heterocycles. The maximum absolute atomic E-state index is 6.10. The van der Waals surface area contributed by atoms with Crippen LogP contribution in [0.25, 0.3) is 6.08 Å². The maximum atomic E-state index is 6.10. The summed E-state index contributed by atoms with van der Waals surface area (Å²) in [5, 5.41) is 0. The zero-order chi connectivity index (χ0) is 15.5. The Kier molecular flexibility index (Phi) is 4.75. The summed E-state index contributed by atoms with van der Waals surface area (Å²) in [7, 11) is -0.250. The molecule has 0 aliphatic carbocycles. The summed E-state index contributed by atoms with van der Waals surface area (Å²) >= 11 is 0. The predicted octanol–water partition coefficient (Wildman–Crippen LogP) is 4.67. The lowest BCUT2D eigenvalue weighted by atomic mass is 9.76. The first kappa shape index (κ1) is 16.1. The van der Waals surface area contributed by atoms with Crippen LogP contribution in [-0.4, -0.2) is 18.3 Å². The fourth-order valence-corrected chi connectivity index (χ4v) is 2.20. The Morgan fingerprint density at radius 3 is 2.14 bits per heavy atom. The molecule has 0 aromatic heterocycles. The van der Waals surface area contributed by atoms with Crippen LogP contribution in [0, 0.1) is 0 Å². The van der Waals surface area contributed by atoms with Gasteiger partial charge in [-0.1, -0.05) is 55.5 Å². The third kappa shape index (κ3) is 3.66. The number of benzene rings is 1. The minimum absolute atomic E-state index is 0.250. The van der Waals surface area contributed by atoms with Gasteiger partial charge in [0.1, 0.15) is 0 Å². The minimum atomic E-state index is -0.283. The molecular formula is C18H25BO2. The molecule has 1 fully saturated rings. The quantitative estimate of drug-likeness (QED) is 0.591. The van der Waals surface area contributed by atoms with Crippen molar-refractivity contribution in [2.45, 2.75) is 52.2 Å². The van der Waals surface area contributed by atoms with Gasteiger partial charge < -0.3 is 9.31 Å². The van der Waals surface area contributed by atoms with E-state index in [0.717, 1.165) is 6.42 Å². The number of hydrogen-bond acceptors (Lipinski definition) is 2. The highest BCUT2D eigenvalue weighted by Gasteiger charge is 2.51. The van der Waals surface area contributed by atoms with Crippen LogP contribution >= 0.6 is 0 Å². The summed E-state index contributed by atoms with van der Waals surface area (Å²) in [5.74, 6) is 0. The lowest BCUT2D eigenvalue weighted by molar-refractivity contribution is 0.00578. The fraction of sp³-hybridized carbons (Fsp3) is 0.444. The van der Waals surface area contributed by atoms with Crippen molar-refractivity contribution in [2.75, 3.05) is 0 Å². The Labute approximate surface area is 129 Å². The van der Waals surface area contributed by atoms with E-state index in [0.29, 0.717) is 0 Å². The number of rotatable bonds is 4. The average Bonchev–Trinajstić information content (AvgIpc) is 2.64. The van der Waals surface area contributed by atoms with E-state index in [1.807, 2.05) is 18.2 Å². The molecule has 3 heteroatoms. The molecule has 0 radical (unpaired) electrons. The van der Waals surface area contributed by atoms with Crippen LogP contribution in [0.4, 0.5) is 0 Å². The number of allylic oxidation sites excluding steroid dienone is 3. The van der Waals surface area contributed by atoms with E-state index >= 15 is 0 Å². The van der Waals surface area contributed by atoms with Gasteiger partial charge in [-0.05, 0) is 45.2 Å². The molecule has 1 aromatic carbocycles. The van der Waals surface area contributed by atoms with Crippen LogP contribution in [0.5, 0.6) is 0 Å². The van der Waals surface area contributed by atoms with Crippen LogP contribution in [0.3, 0.4) is 0 Å².